The Morgan fingerprint density at radius 3 is 0.728 bits per heavy atom. The first-order chi connectivity index (χ1) is 65.9. The zero-order valence-corrected chi connectivity index (χ0v) is 94.0. The van der Waals surface area contributed by atoms with Crippen LogP contribution >= 0.6 is 25.8 Å². The van der Waals surface area contributed by atoms with Crippen LogP contribution < -0.4 is 27.1 Å². The van der Waals surface area contributed by atoms with Crippen LogP contribution in [-0.2, 0) is 49.1 Å². The average molecular weight is 1930 g/mol. The summed E-state index contributed by atoms with van der Waals surface area (Å²) in [6, 6.07) is 40.6. The molecule has 136 heavy (non-hydrogen) atoms. The summed E-state index contributed by atoms with van der Waals surface area (Å²) in [5.74, 6) is 4.80. The molecule has 0 heterocycles. The Balaban J connectivity index is 1.44. The van der Waals surface area contributed by atoms with E-state index >= 15 is 0 Å². The highest BCUT2D eigenvalue weighted by molar-refractivity contribution is 7.43. The Hall–Kier alpha value is -4.71. The lowest BCUT2D eigenvalue weighted by Crippen LogP contribution is -2.19. The second-order valence-electron chi connectivity index (χ2n) is 44.0. The van der Waals surface area contributed by atoms with Crippen LogP contribution in [0, 0.1) is 20.8 Å². The monoisotopic (exact) mass is 1930 g/mol. The van der Waals surface area contributed by atoms with E-state index in [2.05, 4.69) is 241 Å². The van der Waals surface area contributed by atoms with Crippen LogP contribution in [0.2, 0.25) is 0 Å². The minimum absolute atomic E-state index is 0.0703. The largest absolute Gasteiger partial charge is 0.530 e. The van der Waals surface area contributed by atoms with E-state index in [4.69, 9.17) is 40.7 Å². The van der Waals surface area contributed by atoms with E-state index < -0.39 is 25.8 Å². The second kappa shape index (κ2) is 72.5. The van der Waals surface area contributed by atoms with E-state index in [0.29, 0.717) is 19.8 Å². The summed E-state index contributed by atoms with van der Waals surface area (Å²) in [7, 11) is -5.55. The van der Waals surface area contributed by atoms with Crippen molar-refractivity contribution in [2.75, 3.05) is 19.8 Å². The summed E-state index contributed by atoms with van der Waals surface area (Å²) in [6.45, 7) is 46.1. The first-order valence-corrected chi connectivity index (χ1v) is 60.3. The van der Waals surface area contributed by atoms with Crippen LogP contribution in [0.15, 0.2) is 109 Å². The summed E-state index contributed by atoms with van der Waals surface area (Å²) >= 11 is 0. The lowest BCUT2D eigenvalue weighted by atomic mass is 9.74. The van der Waals surface area contributed by atoms with Crippen LogP contribution in [0.1, 0.15) is 562 Å². The van der Waals surface area contributed by atoms with Crippen LogP contribution in [-0.4, -0.2) is 19.8 Å². The van der Waals surface area contributed by atoms with Gasteiger partial charge in [-0.2, -0.15) is 0 Å². The highest BCUT2D eigenvalue weighted by Gasteiger charge is 2.35. The molecule has 0 spiro atoms. The molecule has 0 radical (unpaired) electrons. The van der Waals surface area contributed by atoms with Gasteiger partial charge in [-0.05, 0) is 212 Å². The van der Waals surface area contributed by atoms with Crippen molar-refractivity contribution in [3.8, 4) is 34.5 Å². The summed E-state index contributed by atoms with van der Waals surface area (Å²) in [4.78, 5) is 0. The van der Waals surface area contributed by atoms with E-state index in [0.717, 1.165) is 128 Å². The first kappa shape index (κ1) is 120. The third-order valence-electron chi connectivity index (χ3n) is 27.9. The minimum atomic E-state index is -1.99. The molecule has 3 atom stereocenters. The van der Waals surface area contributed by atoms with Gasteiger partial charge in [-0.3, -0.25) is 4.52 Å². The standard InChI is InChI=1S/C124H205O9P3/c1-20-26-32-38-44-47-50-53-56-62-68-74-89-125-134(126-90-75-69-63-57-54-51-48-45-39-33-27-21-2)131-119-94-104(9)113(100-117(119)123(14,15)16)115(114-101-118(124(17,18)19)120(95-105(114)10)132-135(127-91-76-70-64-58-55-52-49-46-40-34-28-22-3)128-109-86-77-83-106(96-109)80-71-65-59-41-35-29-23-4)92-102(7)112-99-116(122(11,12)13)121(93-103(112)8)133-136(129-110-87-78-84-107(97-110)81-72-66-60-42-36-30-24-5)130-111-88-79-85-108(98-111)82-73-67-61-43-37-31-25-6/h77-79,83-88,93-102,115H,20-76,80-82,89-92H2,1-19H3. The molecule has 0 aliphatic rings. The van der Waals surface area contributed by atoms with Crippen molar-refractivity contribution in [3.63, 3.8) is 0 Å². The summed E-state index contributed by atoms with van der Waals surface area (Å²) in [6.07, 6.45) is 77.3. The molecule has 0 aliphatic carbocycles. The maximum absolute atomic E-state index is 7.43. The normalized spacial score (nSPS) is 12.8. The van der Waals surface area contributed by atoms with Crippen molar-refractivity contribution >= 4 is 25.8 Å². The lowest BCUT2D eigenvalue weighted by molar-refractivity contribution is 0.197. The predicted molar refractivity (Wildman–Crippen MR) is 595 cm³/mol. The van der Waals surface area contributed by atoms with Crippen LogP contribution in [0.4, 0.5) is 0 Å². The average Bonchev–Trinajstić information content (AvgIpc) is 0.760. The van der Waals surface area contributed by atoms with Gasteiger partial charge in [0, 0.05) is 22.6 Å². The zero-order chi connectivity index (χ0) is 98.1. The summed E-state index contributed by atoms with van der Waals surface area (Å²) in [5, 5.41) is 0. The summed E-state index contributed by atoms with van der Waals surface area (Å²) in [5.41, 5.74) is 13.7. The van der Waals surface area contributed by atoms with Crippen molar-refractivity contribution in [1.29, 1.82) is 0 Å². The number of unbranched alkanes of at least 4 members (excludes halogenated alkanes) is 51. The van der Waals surface area contributed by atoms with Gasteiger partial charge in [0.15, 0.2) is 0 Å². The number of hydrogen-bond acceptors (Lipinski definition) is 9. The van der Waals surface area contributed by atoms with Gasteiger partial charge in [0.05, 0.1) is 19.8 Å². The smallest absolute Gasteiger partial charge is 0.426 e. The van der Waals surface area contributed by atoms with Crippen molar-refractivity contribution in [1.82, 2.24) is 0 Å². The maximum atomic E-state index is 7.43. The van der Waals surface area contributed by atoms with Crippen molar-refractivity contribution in [2.45, 2.75) is 551 Å². The molecule has 0 amide bonds. The molecule has 0 fully saturated rings. The first-order valence-electron chi connectivity index (χ1n) is 57.0. The number of rotatable bonds is 83. The van der Waals surface area contributed by atoms with Gasteiger partial charge in [-0.15, -0.1) is 0 Å². The van der Waals surface area contributed by atoms with E-state index in [1.165, 1.54) is 365 Å². The van der Waals surface area contributed by atoms with E-state index in [-0.39, 0.29) is 28.1 Å². The molecule has 0 saturated carbocycles. The van der Waals surface area contributed by atoms with Crippen LogP contribution in [0.3, 0.4) is 0 Å². The lowest BCUT2D eigenvalue weighted by Gasteiger charge is -2.33. The van der Waals surface area contributed by atoms with Gasteiger partial charge in [0.2, 0.25) is 0 Å². The second-order valence-corrected chi connectivity index (χ2v) is 47.2. The molecule has 3 unspecified atom stereocenters. The summed E-state index contributed by atoms with van der Waals surface area (Å²) < 4.78 is 64.2. The third-order valence-corrected chi connectivity index (χ3v) is 31.2. The third kappa shape index (κ3) is 51.5. The van der Waals surface area contributed by atoms with Gasteiger partial charge in [0.1, 0.15) is 34.5 Å². The maximum Gasteiger partial charge on any atom is 0.530 e. The van der Waals surface area contributed by atoms with Gasteiger partial charge >= 0.3 is 25.8 Å². The molecule has 0 aliphatic heterocycles. The van der Waals surface area contributed by atoms with Crippen LogP contribution in [0.5, 0.6) is 34.5 Å². The molecular weight excluding hydrogens is 1730 g/mol. The Labute approximate surface area is 842 Å². The highest BCUT2D eigenvalue weighted by atomic mass is 31.2. The quantitative estimate of drug-likeness (QED) is 0.0274. The van der Waals surface area contributed by atoms with Crippen molar-refractivity contribution in [3.05, 3.63) is 176 Å². The SMILES string of the molecule is CCCCCCCCCCCCCCOP(OCCCCCCCCCCCCCC)Oc1cc(C)c(C(CC(C)c2cc(C(C)(C)C)c(OP(Oc3cccc(CCCCCCCCC)c3)Oc3cccc(CCCCCCCCC)c3)cc2C)c2cc(C(C)(C)C)c(OP(OCCCCCCCCCCCCCC)Oc3cccc(CCCCCCCCC)c3)cc2C)cc1C(C)(C)C. The number of benzene rings is 6. The van der Waals surface area contributed by atoms with Crippen molar-refractivity contribution in [2.24, 2.45) is 0 Å². The van der Waals surface area contributed by atoms with Gasteiger partial charge < -0.3 is 36.2 Å². The van der Waals surface area contributed by atoms with Gasteiger partial charge in [0.25, 0.3) is 0 Å². The van der Waals surface area contributed by atoms with E-state index in [1.807, 2.05) is 0 Å². The van der Waals surface area contributed by atoms with Gasteiger partial charge in [-0.25, -0.2) is 0 Å². The fraction of sp³-hybridized carbons (Fsp3) is 0.710. The number of hydrogen-bond donors (Lipinski definition) is 0. The molecule has 6 aromatic carbocycles. The van der Waals surface area contributed by atoms with E-state index in [1.54, 1.807) is 0 Å². The van der Waals surface area contributed by atoms with Crippen LogP contribution in [0.25, 0.3) is 0 Å². The molecular formula is C124H205O9P3. The minimum Gasteiger partial charge on any atom is -0.426 e. The molecule has 770 valence electrons. The molecule has 0 bridgehead atoms. The molecule has 12 heteroatoms. The molecule has 0 saturated heterocycles. The molecule has 0 N–H and O–H groups in total. The molecule has 9 nitrogen and oxygen atoms in total. The fourth-order valence-electron chi connectivity index (χ4n) is 19.4. The Morgan fingerprint density at radius 1 is 0.235 bits per heavy atom. The Kier molecular flexibility index (Phi) is 64.0. The highest BCUT2D eigenvalue weighted by Crippen LogP contribution is 2.53. The predicted octanol–water partition coefficient (Wildman–Crippen LogP) is 42.9. The number of aryl methyl sites for hydroxylation is 6. The molecule has 0 aromatic heterocycles. The van der Waals surface area contributed by atoms with Crippen molar-refractivity contribution < 1.29 is 40.7 Å². The fourth-order valence-corrected chi connectivity index (χ4v) is 22.4. The Bertz CT molecular complexity index is 3910. The zero-order valence-electron chi connectivity index (χ0n) is 91.3. The molecule has 6 aromatic rings. The molecule has 6 rings (SSSR count). The Morgan fingerprint density at radius 2 is 0.456 bits per heavy atom. The van der Waals surface area contributed by atoms with Gasteiger partial charge in [-0.1, -0.05) is 493 Å². The topological polar surface area (TPSA) is 83.1 Å². The van der Waals surface area contributed by atoms with E-state index in [9.17, 15) is 0 Å².